The van der Waals surface area contributed by atoms with Crippen molar-refractivity contribution in [3.8, 4) is 0 Å². The first-order valence-electron chi connectivity index (χ1n) is 4.29. The molecule has 0 spiro atoms. The van der Waals surface area contributed by atoms with Gasteiger partial charge in [0, 0.05) is 29.4 Å². The minimum atomic E-state index is 0.445. The second-order valence-electron chi connectivity index (χ2n) is 3.25. The van der Waals surface area contributed by atoms with Gasteiger partial charge in [0.1, 0.15) is 5.15 Å². The Morgan fingerprint density at radius 2 is 2.23 bits per heavy atom. The van der Waals surface area contributed by atoms with Gasteiger partial charge in [0.2, 0.25) is 0 Å². The van der Waals surface area contributed by atoms with Crippen molar-refractivity contribution in [2.45, 2.75) is 25.4 Å². The first-order chi connectivity index (χ1) is 6.25. The fourth-order valence-electron chi connectivity index (χ4n) is 1.11. The molecule has 1 aliphatic carbocycles. The zero-order valence-corrected chi connectivity index (χ0v) is 8.57. The Balaban J connectivity index is 2.01. The fourth-order valence-corrected chi connectivity index (χ4v) is 1.54. The minimum absolute atomic E-state index is 0.445. The van der Waals surface area contributed by atoms with Crippen LogP contribution in [0.4, 0.5) is 0 Å². The van der Waals surface area contributed by atoms with Crippen LogP contribution in [0, 0.1) is 0 Å². The molecule has 1 fully saturated rings. The molecule has 0 radical (unpaired) electrons. The standard InChI is InChI=1S/C9H10Cl2N2/c10-8-3-9(11)13-5-6(8)4-12-7-1-2-7/h3,5,7,12H,1-2,4H2. The van der Waals surface area contributed by atoms with Gasteiger partial charge in [-0.05, 0) is 18.9 Å². The number of hydrogen-bond acceptors (Lipinski definition) is 2. The summed E-state index contributed by atoms with van der Waals surface area (Å²) in [5.74, 6) is 0. The third-order valence-electron chi connectivity index (χ3n) is 2.05. The molecule has 0 amide bonds. The molecule has 1 aromatic rings. The molecule has 0 saturated heterocycles. The Hall–Kier alpha value is -0.310. The van der Waals surface area contributed by atoms with E-state index in [1.165, 1.54) is 12.8 Å². The highest BCUT2D eigenvalue weighted by Crippen LogP contribution is 2.22. The molecule has 70 valence electrons. The third kappa shape index (κ3) is 2.56. The molecule has 1 aliphatic rings. The van der Waals surface area contributed by atoms with Crippen molar-refractivity contribution >= 4 is 23.2 Å². The van der Waals surface area contributed by atoms with E-state index in [2.05, 4.69) is 10.3 Å². The van der Waals surface area contributed by atoms with E-state index in [1.54, 1.807) is 12.3 Å². The van der Waals surface area contributed by atoms with E-state index in [-0.39, 0.29) is 0 Å². The summed E-state index contributed by atoms with van der Waals surface area (Å²) in [6.45, 7) is 0.785. The van der Waals surface area contributed by atoms with Crippen LogP contribution < -0.4 is 5.32 Å². The lowest BCUT2D eigenvalue weighted by Crippen LogP contribution is -2.15. The molecule has 0 aliphatic heterocycles. The van der Waals surface area contributed by atoms with E-state index in [9.17, 15) is 0 Å². The lowest BCUT2D eigenvalue weighted by molar-refractivity contribution is 0.686. The summed E-state index contributed by atoms with van der Waals surface area (Å²) in [5, 5.41) is 4.50. The Morgan fingerprint density at radius 3 is 2.85 bits per heavy atom. The van der Waals surface area contributed by atoms with Gasteiger partial charge in [0.05, 0.1) is 0 Å². The van der Waals surface area contributed by atoms with Gasteiger partial charge in [-0.3, -0.25) is 0 Å². The van der Waals surface area contributed by atoms with Crippen LogP contribution in [0.1, 0.15) is 18.4 Å². The summed E-state index contributed by atoms with van der Waals surface area (Å²) in [7, 11) is 0. The van der Waals surface area contributed by atoms with Gasteiger partial charge in [-0.15, -0.1) is 0 Å². The van der Waals surface area contributed by atoms with Crippen LogP contribution in [0.3, 0.4) is 0 Å². The molecule has 1 N–H and O–H groups in total. The number of aromatic nitrogens is 1. The van der Waals surface area contributed by atoms with Gasteiger partial charge >= 0.3 is 0 Å². The molecule has 2 rings (SSSR count). The Labute approximate surface area is 87.3 Å². The van der Waals surface area contributed by atoms with E-state index in [1.807, 2.05) is 0 Å². The molecule has 1 saturated carbocycles. The van der Waals surface area contributed by atoms with Gasteiger partial charge in [-0.25, -0.2) is 4.98 Å². The molecule has 2 nitrogen and oxygen atoms in total. The molecular formula is C9H10Cl2N2. The molecule has 0 bridgehead atoms. The van der Waals surface area contributed by atoms with Gasteiger partial charge in [-0.1, -0.05) is 23.2 Å². The summed E-state index contributed by atoms with van der Waals surface area (Å²) in [6, 6.07) is 2.36. The van der Waals surface area contributed by atoms with Crippen LogP contribution in [0.2, 0.25) is 10.2 Å². The van der Waals surface area contributed by atoms with Gasteiger partial charge < -0.3 is 5.32 Å². The average molecular weight is 217 g/mol. The summed E-state index contributed by atoms with van der Waals surface area (Å²) in [4.78, 5) is 3.98. The maximum atomic E-state index is 5.97. The number of hydrogen-bond donors (Lipinski definition) is 1. The molecule has 13 heavy (non-hydrogen) atoms. The zero-order chi connectivity index (χ0) is 9.26. The lowest BCUT2D eigenvalue weighted by Gasteiger charge is -2.04. The van der Waals surface area contributed by atoms with Crippen molar-refractivity contribution in [3.63, 3.8) is 0 Å². The second kappa shape index (κ2) is 3.82. The van der Waals surface area contributed by atoms with Crippen molar-refractivity contribution in [2.75, 3.05) is 0 Å². The average Bonchev–Trinajstić information content (AvgIpc) is 2.86. The number of nitrogens with zero attached hydrogens (tertiary/aromatic N) is 1. The van der Waals surface area contributed by atoms with E-state index in [4.69, 9.17) is 23.2 Å². The molecular weight excluding hydrogens is 207 g/mol. The molecule has 0 aromatic carbocycles. The highest BCUT2D eigenvalue weighted by atomic mass is 35.5. The van der Waals surface area contributed by atoms with Crippen LogP contribution in [0.25, 0.3) is 0 Å². The summed E-state index contributed by atoms with van der Waals surface area (Å²) in [5.41, 5.74) is 1.01. The number of rotatable bonds is 3. The largest absolute Gasteiger partial charge is 0.310 e. The maximum absolute atomic E-state index is 5.97. The van der Waals surface area contributed by atoms with E-state index in [0.29, 0.717) is 16.2 Å². The molecule has 0 unspecified atom stereocenters. The van der Waals surface area contributed by atoms with Crippen LogP contribution >= 0.6 is 23.2 Å². The first-order valence-corrected chi connectivity index (χ1v) is 5.04. The summed E-state index contributed by atoms with van der Waals surface area (Å²) < 4.78 is 0. The van der Waals surface area contributed by atoms with E-state index >= 15 is 0 Å². The van der Waals surface area contributed by atoms with Gasteiger partial charge in [-0.2, -0.15) is 0 Å². The Kier molecular flexibility index (Phi) is 2.72. The van der Waals surface area contributed by atoms with Crippen LogP contribution in [-0.2, 0) is 6.54 Å². The van der Waals surface area contributed by atoms with Crippen molar-refractivity contribution < 1.29 is 0 Å². The SMILES string of the molecule is Clc1cc(Cl)c(CNC2CC2)cn1. The smallest absolute Gasteiger partial charge is 0.130 e. The Morgan fingerprint density at radius 1 is 1.46 bits per heavy atom. The Bertz CT molecular complexity index is 310. The molecule has 1 heterocycles. The predicted octanol–water partition coefficient (Wildman–Crippen LogP) is 2.64. The van der Waals surface area contributed by atoms with Crippen molar-refractivity contribution in [3.05, 3.63) is 28.0 Å². The van der Waals surface area contributed by atoms with Crippen LogP contribution in [0.15, 0.2) is 12.3 Å². The quantitative estimate of drug-likeness (QED) is 0.787. The summed E-state index contributed by atoms with van der Waals surface area (Å²) in [6.07, 6.45) is 4.28. The third-order valence-corrected chi connectivity index (χ3v) is 2.61. The van der Waals surface area contributed by atoms with E-state index in [0.717, 1.165) is 12.1 Å². The van der Waals surface area contributed by atoms with Gasteiger partial charge in [0.25, 0.3) is 0 Å². The van der Waals surface area contributed by atoms with Crippen molar-refractivity contribution in [1.82, 2.24) is 10.3 Å². The number of halogens is 2. The topological polar surface area (TPSA) is 24.9 Å². The monoisotopic (exact) mass is 216 g/mol. The first kappa shape index (κ1) is 9.25. The minimum Gasteiger partial charge on any atom is -0.310 e. The van der Waals surface area contributed by atoms with Crippen LogP contribution in [0.5, 0.6) is 0 Å². The van der Waals surface area contributed by atoms with Crippen LogP contribution in [-0.4, -0.2) is 11.0 Å². The highest BCUT2D eigenvalue weighted by Gasteiger charge is 2.20. The maximum Gasteiger partial charge on any atom is 0.130 e. The molecule has 4 heteroatoms. The fraction of sp³-hybridized carbons (Fsp3) is 0.444. The zero-order valence-electron chi connectivity index (χ0n) is 7.06. The van der Waals surface area contributed by atoms with Crippen molar-refractivity contribution in [1.29, 1.82) is 0 Å². The summed E-state index contributed by atoms with van der Waals surface area (Å²) >= 11 is 11.6. The lowest BCUT2D eigenvalue weighted by atomic mass is 10.3. The second-order valence-corrected chi connectivity index (χ2v) is 4.05. The van der Waals surface area contributed by atoms with Crippen molar-refractivity contribution in [2.24, 2.45) is 0 Å². The number of nitrogens with one attached hydrogen (secondary N) is 1. The normalized spacial score (nSPS) is 16.2. The molecule has 0 atom stereocenters. The number of pyridine rings is 1. The van der Waals surface area contributed by atoms with Gasteiger partial charge in [0.15, 0.2) is 0 Å². The van der Waals surface area contributed by atoms with E-state index < -0.39 is 0 Å². The molecule has 1 aromatic heterocycles. The highest BCUT2D eigenvalue weighted by molar-refractivity contribution is 6.34. The predicted molar refractivity (Wildman–Crippen MR) is 54.1 cm³/mol.